The fraction of sp³-hybridized carbons (Fsp3) is 0.143. The summed E-state index contributed by atoms with van der Waals surface area (Å²) < 4.78 is 5.35. The van der Waals surface area contributed by atoms with E-state index >= 15 is 0 Å². The van der Waals surface area contributed by atoms with Crippen molar-refractivity contribution >= 4 is 11.7 Å². The van der Waals surface area contributed by atoms with Gasteiger partial charge < -0.3 is 10.1 Å². The Hall–Kier alpha value is -3.38. The number of aromatic nitrogens is 1. The van der Waals surface area contributed by atoms with Crippen LogP contribution in [-0.2, 0) is 18.0 Å². The number of hydroxylamine groups is 1. The Bertz CT molecular complexity index is 885. The second kappa shape index (κ2) is 9.35. The summed E-state index contributed by atoms with van der Waals surface area (Å²) in [6.07, 6.45) is 1.63. The molecule has 27 heavy (non-hydrogen) atoms. The Balaban J connectivity index is 1.62. The Morgan fingerprint density at radius 3 is 2.59 bits per heavy atom. The Morgan fingerprint density at radius 1 is 1.00 bits per heavy atom. The van der Waals surface area contributed by atoms with Gasteiger partial charge in [0.1, 0.15) is 11.6 Å². The molecule has 1 aromatic heterocycles. The molecule has 0 aliphatic heterocycles. The van der Waals surface area contributed by atoms with Crippen molar-refractivity contribution in [1.82, 2.24) is 10.5 Å². The number of carbonyl (C=O) groups excluding carboxylic acids is 1. The number of nitrogens with one attached hydrogen (secondary N) is 2. The molecule has 0 fully saturated rings. The minimum absolute atomic E-state index is 0.289. The van der Waals surface area contributed by atoms with E-state index in [0.29, 0.717) is 17.9 Å². The van der Waals surface area contributed by atoms with Crippen LogP contribution in [0.25, 0.3) is 0 Å². The maximum Gasteiger partial charge on any atom is 0.278 e. The van der Waals surface area contributed by atoms with Gasteiger partial charge in [-0.2, -0.15) is 0 Å². The molecule has 6 heteroatoms. The number of pyridine rings is 1. The van der Waals surface area contributed by atoms with Gasteiger partial charge in [-0.15, -0.1) is 0 Å². The van der Waals surface area contributed by atoms with E-state index in [9.17, 15) is 4.79 Å². The Labute approximate surface area is 158 Å². The van der Waals surface area contributed by atoms with Crippen molar-refractivity contribution in [2.45, 2.75) is 13.2 Å². The van der Waals surface area contributed by atoms with Gasteiger partial charge >= 0.3 is 0 Å². The molecule has 0 unspecified atom stereocenters. The van der Waals surface area contributed by atoms with E-state index in [1.165, 1.54) is 0 Å². The van der Waals surface area contributed by atoms with Crippen LogP contribution in [0.1, 0.15) is 21.5 Å². The largest absolute Gasteiger partial charge is 0.496 e. The summed E-state index contributed by atoms with van der Waals surface area (Å²) in [6.45, 7) is 0.767. The highest BCUT2D eigenvalue weighted by molar-refractivity contribution is 5.98. The highest BCUT2D eigenvalue weighted by atomic mass is 16.6. The molecule has 2 aromatic carbocycles. The molecular formula is C21H21N3O3. The summed E-state index contributed by atoms with van der Waals surface area (Å²) in [7, 11) is 1.63. The van der Waals surface area contributed by atoms with Gasteiger partial charge in [-0.1, -0.05) is 48.5 Å². The van der Waals surface area contributed by atoms with Gasteiger partial charge in [0.25, 0.3) is 5.91 Å². The van der Waals surface area contributed by atoms with Gasteiger partial charge in [0.15, 0.2) is 0 Å². The first kappa shape index (κ1) is 18.4. The lowest BCUT2D eigenvalue weighted by atomic mass is 10.2. The van der Waals surface area contributed by atoms with E-state index in [2.05, 4.69) is 15.8 Å². The van der Waals surface area contributed by atoms with Crippen molar-refractivity contribution in [3.05, 3.63) is 89.6 Å². The molecule has 0 aliphatic rings. The van der Waals surface area contributed by atoms with Crippen LogP contribution in [0.4, 0.5) is 5.82 Å². The normalized spacial score (nSPS) is 10.3. The zero-order valence-corrected chi connectivity index (χ0v) is 15.0. The Kier molecular flexibility index (Phi) is 6.38. The monoisotopic (exact) mass is 363 g/mol. The van der Waals surface area contributed by atoms with E-state index in [4.69, 9.17) is 9.57 Å². The molecule has 0 saturated carbocycles. The second-order valence-electron chi connectivity index (χ2n) is 5.77. The molecular weight excluding hydrogens is 342 g/mol. The van der Waals surface area contributed by atoms with Gasteiger partial charge in [-0.05, 0) is 23.8 Å². The summed E-state index contributed by atoms with van der Waals surface area (Å²) in [6, 6.07) is 20.7. The molecule has 0 bridgehead atoms. The lowest BCUT2D eigenvalue weighted by Crippen LogP contribution is -2.25. The van der Waals surface area contributed by atoms with E-state index in [1.807, 2.05) is 54.6 Å². The molecule has 3 rings (SSSR count). The number of hydrogen-bond acceptors (Lipinski definition) is 5. The highest BCUT2D eigenvalue weighted by Crippen LogP contribution is 2.19. The molecule has 138 valence electrons. The van der Waals surface area contributed by atoms with Gasteiger partial charge in [0.2, 0.25) is 0 Å². The first-order valence-electron chi connectivity index (χ1n) is 8.55. The average molecular weight is 363 g/mol. The standard InChI is InChI=1S/C21H21N3O3/c1-26-19-12-6-5-10-17(19)14-23-20-18(11-7-13-22-20)21(25)24-27-15-16-8-3-2-4-9-16/h2-13H,14-15H2,1H3,(H,22,23)(H,24,25). The number of hydrogen-bond donors (Lipinski definition) is 2. The van der Waals surface area contributed by atoms with Gasteiger partial charge in [-0.25, -0.2) is 10.5 Å². The first-order chi connectivity index (χ1) is 13.3. The molecule has 2 N–H and O–H groups in total. The first-order valence-corrected chi connectivity index (χ1v) is 8.55. The number of anilines is 1. The summed E-state index contributed by atoms with van der Waals surface area (Å²) >= 11 is 0. The van der Waals surface area contributed by atoms with E-state index in [1.54, 1.807) is 25.4 Å². The maximum absolute atomic E-state index is 12.4. The molecule has 3 aromatic rings. The van der Waals surface area contributed by atoms with Crippen LogP contribution in [0.15, 0.2) is 72.9 Å². The second-order valence-corrected chi connectivity index (χ2v) is 5.77. The third-order valence-corrected chi connectivity index (χ3v) is 3.94. The number of para-hydroxylation sites is 1. The number of ether oxygens (including phenoxy) is 1. The SMILES string of the molecule is COc1ccccc1CNc1ncccc1C(=O)NOCc1ccccc1. The molecule has 0 aliphatic carbocycles. The molecule has 6 nitrogen and oxygen atoms in total. The lowest BCUT2D eigenvalue weighted by molar-refractivity contribution is 0.0234. The fourth-order valence-electron chi connectivity index (χ4n) is 2.57. The van der Waals surface area contributed by atoms with Crippen molar-refractivity contribution in [1.29, 1.82) is 0 Å². The number of benzene rings is 2. The molecule has 1 amide bonds. The van der Waals surface area contributed by atoms with Crippen LogP contribution < -0.4 is 15.5 Å². The third-order valence-electron chi connectivity index (χ3n) is 3.94. The van der Waals surface area contributed by atoms with Gasteiger partial charge in [0, 0.05) is 18.3 Å². The van der Waals surface area contributed by atoms with Gasteiger partial charge in [0.05, 0.1) is 19.3 Å². The van der Waals surface area contributed by atoms with Crippen molar-refractivity contribution in [3.8, 4) is 5.75 Å². The highest BCUT2D eigenvalue weighted by Gasteiger charge is 2.13. The number of carbonyl (C=O) groups is 1. The van der Waals surface area contributed by atoms with Crippen LogP contribution >= 0.6 is 0 Å². The lowest BCUT2D eigenvalue weighted by Gasteiger charge is -2.13. The average Bonchev–Trinajstić information content (AvgIpc) is 2.73. The van der Waals surface area contributed by atoms with Crippen LogP contribution in [0.3, 0.4) is 0 Å². The molecule has 0 atom stereocenters. The van der Waals surface area contributed by atoms with E-state index in [-0.39, 0.29) is 12.5 Å². The minimum Gasteiger partial charge on any atom is -0.496 e. The Morgan fingerprint density at radius 2 is 1.78 bits per heavy atom. The predicted molar refractivity (Wildman–Crippen MR) is 103 cm³/mol. The van der Waals surface area contributed by atoms with Crippen molar-refractivity contribution in [2.24, 2.45) is 0 Å². The quantitative estimate of drug-likeness (QED) is 0.599. The number of nitrogens with zero attached hydrogens (tertiary/aromatic N) is 1. The van der Waals surface area contributed by atoms with Crippen LogP contribution in [0.2, 0.25) is 0 Å². The molecule has 1 heterocycles. The van der Waals surface area contributed by atoms with Crippen molar-refractivity contribution < 1.29 is 14.4 Å². The summed E-state index contributed by atoms with van der Waals surface area (Å²) in [5.41, 5.74) is 4.81. The summed E-state index contributed by atoms with van der Waals surface area (Å²) in [5, 5.41) is 3.19. The van der Waals surface area contributed by atoms with Crippen LogP contribution in [-0.4, -0.2) is 18.0 Å². The smallest absolute Gasteiger partial charge is 0.278 e. The van der Waals surface area contributed by atoms with E-state index < -0.39 is 0 Å². The maximum atomic E-state index is 12.4. The van der Waals surface area contributed by atoms with Crippen molar-refractivity contribution in [2.75, 3.05) is 12.4 Å². The predicted octanol–water partition coefficient (Wildman–Crippen LogP) is 3.56. The topological polar surface area (TPSA) is 72.5 Å². The zero-order valence-electron chi connectivity index (χ0n) is 15.0. The number of methoxy groups -OCH3 is 1. The van der Waals surface area contributed by atoms with Crippen LogP contribution in [0.5, 0.6) is 5.75 Å². The van der Waals surface area contributed by atoms with E-state index in [0.717, 1.165) is 16.9 Å². The number of rotatable bonds is 8. The minimum atomic E-state index is -0.360. The molecule has 0 saturated heterocycles. The van der Waals surface area contributed by atoms with Gasteiger partial charge in [-0.3, -0.25) is 9.63 Å². The fourth-order valence-corrected chi connectivity index (χ4v) is 2.57. The summed E-state index contributed by atoms with van der Waals surface area (Å²) in [4.78, 5) is 22.0. The van der Waals surface area contributed by atoms with Crippen LogP contribution in [0, 0.1) is 0 Å². The zero-order chi connectivity index (χ0) is 18.9. The van der Waals surface area contributed by atoms with Crippen molar-refractivity contribution in [3.63, 3.8) is 0 Å². The molecule has 0 spiro atoms. The summed E-state index contributed by atoms with van der Waals surface area (Å²) in [5.74, 6) is 0.893. The number of amides is 1. The molecule has 0 radical (unpaired) electrons. The third kappa shape index (κ3) is 5.05.